The minimum absolute atomic E-state index is 0.00370. The number of hydrogen-bond donors (Lipinski definition) is 2. The summed E-state index contributed by atoms with van der Waals surface area (Å²) in [6.07, 6.45) is 24.5. The van der Waals surface area contributed by atoms with Crippen molar-refractivity contribution in [3.8, 4) is 0 Å². The molecule has 0 aromatic heterocycles. The summed E-state index contributed by atoms with van der Waals surface area (Å²) in [7, 11) is 0. The van der Waals surface area contributed by atoms with Gasteiger partial charge in [0.2, 0.25) is 0 Å². The molecule has 0 unspecified atom stereocenters. The zero-order valence-electron chi connectivity index (χ0n) is 18.2. The highest BCUT2D eigenvalue weighted by molar-refractivity contribution is 5.94. The molecule has 0 rings (SSSR count). The van der Waals surface area contributed by atoms with E-state index in [-0.39, 0.29) is 5.57 Å². The summed E-state index contributed by atoms with van der Waals surface area (Å²) in [6, 6.07) is 0. The Kier molecular flexibility index (Phi) is 19.5. The Hall–Kier alpha value is -1.32. The van der Waals surface area contributed by atoms with Gasteiger partial charge in [-0.05, 0) is 12.8 Å². The van der Waals surface area contributed by atoms with Crippen LogP contribution in [-0.2, 0) is 9.59 Å². The predicted molar refractivity (Wildman–Crippen MR) is 117 cm³/mol. The molecule has 2 N–H and O–H groups in total. The lowest BCUT2D eigenvalue weighted by Crippen LogP contribution is -2.04. The maximum atomic E-state index is 10.9. The van der Waals surface area contributed by atoms with Gasteiger partial charge in [-0.3, -0.25) is 0 Å². The minimum atomic E-state index is -1.18. The molecular formula is C24H44O4. The summed E-state index contributed by atoms with van der Waals surface area (Å²) >= 11 is 0. The van der Waals surface area contributed by atoms with Gasteiger partial charge < -0.3 is 10.2 Å². The van der Waals surface area contributed by atoms with E-state index in [2.05, 4.69) is 6.92 Å². The summed E-state index contributed by atoms with van der Waals surface area (Å²) in [5.41, 5.74) is 0.00370. The Labute approximate surface area is 172 Å². The molecule has 4 heteroatoms. The molecule has 0 fully saturated rings. The highest BCUT2D eigenvalue weighted by Gasteiger charge is 2.08. The van der Waals surface area contributed by atoms with Crippen molar-refractivity contribution in [2.24, 2.45) is 0 Å². The van der Waals surface area contributed by atoms with Crippen LogP contribution in [0.25, 0.3) is 0 Å². The third-order valence-electron chi connectivity index (χ3n) is 5.37. The average molecular weight is 397 g/mol. The number of carboxylic acids is 2. The molecule has 0 heterocycles. The topological polar surface area (TPSA) is 74.6 Å². The van der Waals surface area contributed by atoms with Crippen molar-refractivity contribution in [2.45, 2.75) is 129 Å². The van der Waals surface area contributed by atoms with Crippen LogP contribution in [0.3, 0.4) is 0 Å². The lowest BCUT2D eigenvalue weighted by Gasteiger charge is -2.04. The second-order valence-electron chi connectivity index (χ2n) is 8.07. The van der Waals surface area contributed by atoms with E-state index in [0.717, 1.165) is 25.3 Å². The minimum Gasteiger partial charge on any atom is -0.478 e. The zero-order chi connectivity index (χ0) is 20.9. The van der Waals surface area contributed by atoms with Gasteiger partial charge in [0.05, 0.1) is 0 Å². The smallest absolute Gasteiger partial charge is 0.331 e. The predicted octanol–water partition coefficient (Wildman–Crippen LogP) is 7.51. The van der Waals surface area contributed by atoms with Crippen molar-refractivity contribution < 1.29 is 19.8 Å². The summed E-state index contributed by atoms with van der Waals surface area (Å²) in [5, 5.41) is 17.6. The van der Waals surface area contributed by atoms with Crippen molar-refractivity contribution in [2.75, 3.05) is 0 Å². The van der Waals surface area contributed by atoms with Crippen molar-refractivity contribution in [1.82, 2.24) is 0 Å². The number of unbranched alkanes of at least 4 members (excludes halogenated alkanes) is 17. The molecule has 4 nitrogen and oxygen atoms in total. The van der Waals surface area contributed by atoms with Crippen LogP contribution >= 0.6 is 0 Å². The molecule has 28 heavy (non-hydrogen) atoms. The lowest BCUT2D eigenvalue weighted by molar-refractivity contribution is -0.135. The molecule has 0 aromatic carbocycles. The Morgan fingerprint density at radius 2 is 0.893 bits per heavy atom. The average Bonchev–Trinajstić information content (AvgIpc) is 2.65. The van der Waals surface area contributed by atoms with Gasteiger partial charge in [0.15, 0.2) is 0 Å². The number of rotatable bonds is 21. The normalized spacial score (nSPS) is 11.7. The van der Waals surface area contributed by atoms with E-state index >= 15 is 0 Å². The third kappa shape index (κ3) is 19.4. The van der Waals surface area contributed by atoms with Gasteiger partial charge >= 0.3 is 11.9 Å². The molecule has 0 radical (unpaired) electrons. The molecule has 0 spiro atoms. The van der Waals surface area contributed by atoms with Gasteiger partial charge in [0.25, 0.3) is 0 Å². The highest BCUT2D eigenvalue weighted by Crippen LogP contribution is 2.15. The lowest BCUT2D eigenvalue weighted by atomic mass is 10.0. The molecular weight excluding hydrogens is 352 g/mol. The maximum Gasteiger partial charge on any atom is 0.331 e. The van der Waals surface area contributed by atoms with E-state index < -0.39 is 11.9 Å². The van der Waals surface area contributed by atoms with E-state index in [1.54, 1.807) is 0 Å². The number of aliphatic carboxylic acids is 2. The van der Waals surface area contributed by atoms with Crippen molar-refractivity contribution >= 4 is 11.9 Å². The zero-order valence-corrected chi connectivity index (χ0v) is 18.2. The van der Waals surface area contributed by atoms with E-state index in [1.165, 1.54) is 96.3 Å². The number of hydrogen-bond acceptors (Lipinski definition) is 2. The molecule has 164 valence electrons. The molecule has 0 amide bonds. The molecule has 0 saturated carbocycles. The van der Waals surface area contributed by atoms with E-state index in [4.69, 9.17) is 10.2 Å². The van der Waals surface area contributed by atoms with Crippen molar-refractivity contribution in [1.29, 1.82) is 0 Å². The first-order chi connectivity index (χ1) is 13.6. The molecule has 0 atom stereocenters. The summed E-state index contributed by atoms with van der Waals surface area (Å²) in [5.74, 6) is -2.30. The Bertz CT molecular complexity index is 415. The first kappa shape index (κ1) is 26.7. The fourth-order valence-electron chi connectivity index (χ4n) is 3.61. The van der Waals surface area contributed by atoms with Crippen LogP contribution in [0.15, 0.2) is 11.6 Å². The quantitative estimate of drug-likeness (QED) is 0.155. The molecule has 0 bridgehead atoms. The van der Waals surface area contributed by atoms with Crippen LogP contribution in [-0.4, -0.2) is 22.2 Å². The maximum absolute atomic E-state index is 10.9. The fraction of sp³-hybridized carbons (Fsp3) is 0.833. The summed E-state index contributed by atoms with van der Waals surface area (Å²) in [4.78, 5) is 21.5. The van der Waals surface area contributed by atoms with Crippen LogP contribution in [0, 0.1) is 0 Å². The molecule has 0 aliphatic heterocycles. The third-order valence-corrected chi connectivity index (χ3v) is 5.37. The van der Waals surface area contributed by atoms with Gasteiger partial charge in [0.1, 0.15) is 0 Å². The Morgan fingerprint density at radius 3 is 1.18 bits per heavy atom. The SMILES string of the molecule is CCCCCCCCCCCCCCCCCCCC/C(=C/C(=O)O)C(=O)O. The first-order valence-corrected chi connectivity index (χ1v) is 11.7. The second-order valence-corrected chi connectivity index (χ2v) is 8.07. The first-order valence-electron chi connectivity index (χ1n) is 11.7. The van der Waals surface area contributed by atoms with Crippen LogP contribution in [0.4, 0.5) is 0 Å². The van der Waals surface area contributed by atoms with Crippen molar-refractivity contribution in [3.05, 3.63) is 11.6 Å². The van der Waals surface area contributed by atoms with Gasteiger partial charge in [-0.15, -0.1) is 0 Å². The molecule has 0 aromatic rings. The van der Waals surface area contributed by atoms with Crippen LogP contribution < -0.4 is 0 Å². The van der Waals surface area contributed by atoms with Crippen molar-refractivity contribution in [3.63, 3.8) is 0 Å². The summed E-state index contributed by atoms with van der Waals surface area (Å²) in [6.45, 7) is 2.27. The number of carboxylic acid groups (broad SMARTS) is 2. The van der Waals surface area contributed by atoms with Crippen LogP contribution in [0.1, 0.15) is 129 Å². The monoisotopic (exact) mass is 396 g/mol. The van der Waals surface area contributed by atoms with Gasteiger partial charge in [-0.25, -0.2) is 9.59 Å². The fourth-order valence-corrected chi connectivity index (χ4v) is 3.61. The van der Waals surface area contributed by atoms with Crippen LogP contribution in [0.2, 0.25) is 0 Å². The Balaban J connectivity index is 3.28. The molecule has 0 aliphatic carbocycles. The van der Waals surface area contributed by atoms with E-state index in [9.17, 15) is 9.59 Å². The Morgan fingerprint density at radius 1 is 0.571 bits per heavy atom. The van der Waals surface area contributed by atoms with Crippen LogP contribution in [0.5, 0.6) is 0 Å². The number of carbonyl (C=O) groups is 2. The van der Waals surface area contributed by atoms with E-state index in [0.29, 0.717) is 6.42 Å². The standard InChI is InChI=1S/C24H44O4/c1-2-3-4-5-6-7-8-9-10-11-12-13-14-15-16-17-18-19-20-22(24(27)28)21-23(25)26/h21H,2-20H2,1H3,(H,25,26)(H,27,28)/b22-21-. The van der Waals surface area contributed by atoms with Gasteiger partial charge in [-0.2, -0.15) is 0 Å². The molecule has 0 saturated heterocycles. The molecule has 0 aliphatic rings. The highest BCUT2D eigenvalue weighted by atomic mass is 16.4. The van der Waals surface area contributed by atoms with E-state index in [1.807, 2.05) is 0 Å². The summed E-state index contributed by atoms with van der Waals surface area (Å²) < 4.78 is 0. The second kappa shape index (κ2) is 20.4. The largest absolute Gasteiger partial charge is 0.478 e. The van der Waals surface area contributed by atoms with Gasteiger partial charge in [-0.1, -0.05) is 116 Å². The van der Waals surface area contributed by atoms with Gasteiger partial charge in [0, 0.05) is 11.6 Å².